The minimum atomic E-state index is -0.0726. The van der Waals surface area contributed by atoms with Gasteiger partial charge < -0.3 is 11.1 Å². The van der Waals surface area contributed by atoms with Gasteiger partial charge in [-0.1, -0.05) is 42.6 Å². The number of carbonyl (C=O) groups is 1. The molecule has 1 aliphatic carbocycles. The Labute approximate surface area is 125 Å². The van der Waals surface area contributed by atoms with Crippen LogP contribution in [0, 0.1) is 11.8 Å². The Morgan fingerprint density at radius 1 is 1.40 bits per heavy atom. The molecule has 3 N–H and O–H groups in total. The van der Waals surface area contributed by atoms with Crippen LogP contribution in [-0.2, 0) is 4.79 Å². The molecule has 1 fully saturated rings. The van der Waals surface area contributed by atoms with E-state index in [4.69, 9.17) is 17.3 Å². The predicted octanol–water partition coefficient (Wildman–Crippen LogP) is 3.28. The molecule has 0 spiro atoms. The molecular formula is C16H23ClN2O. The van der Waals surface area contributed by atoms with Gasteiger partial charge in [0, 0.05) is 10.9 Å². The third-order valence-corrected chi connectivity index (χ3v) is 4.62. The molecule has 1 aliphatic rings. The van der Waals surface area contributed by atoms with E-state index in [1.165, 1.54) is 6.42 Å². The van der Waals surface area contributed by atoms with E-state index in [-0.39, 0.29) is 17.9 Å². The smallest absolute Gasteiger partial charge is 0.223 e. The maximum Gasteiger partial charge on any atom is 0.223 e. The van der Waals surface area contributed by atoms with E-state index in [1.807, 2.05) is 31.2 Å². The van der Waals surface area contributed by atoms with Crippen LogP contribution < -0.4 is 11.1 Å². The molecule has 20 heavy (non-hydrogen) atoms. The monoisotopic (exact) mass is 294 g/mol. The van der Waals surface area contributed by atoms with E-state index >= 15 is 0 Å². The molecule has 1 amide bonds. The van der Waals surface area contributed by atoms with Crippen LogP contribution in [0.25, 0.3) is 0 Å². The van der Waals surface area contributed by atoms with Gasteiger partial charge in [-0.2, -0.15) is 0 Å². The Morgan fingerprint density at radius 3 is 2.80 bits per heavy atom. The summed E-state index contributed by atoms with van der Waals surface area (Å²) >= 11 is 6.17. The molecule has 0 aromatic heterocycles. The fourth-order valence-corrected chi connectivity index (χ4v) is 3.36. The summed E-state index contributed by atoms with van der Waals surface area (Å²) in [6.07, 6.45) is 4.32. The molecule has 110 valence electrons. The molecule has 1 aromatic rings. The largest absolute Gasteiger partial charge is 0.349 e. The molecular weight excluding hydrogens is 272 g/mol. The summed E-state index contributed by atoms with van der Waals surface area (Å²) in [4.78, 5) is 12.5. The number of carbonyl (C=O) groups excluding carboxylic acids is 1. The standard InChI is InChI=1S/C16H23ClN2O/c1-11(13-7-4-5-9-15(13)17)19-16(20)14-8-3-2-6-12(14)10-18/h4-5,7,9,11-12,14H,2-3,6,8,10,18H2,1H3,(H,19,20). The van der Waals surface area contributed by atoms with Gasteiger partial charge in [-0.3, -0.25) is 4.79 Å². The second-order valence-electron chi connectivity index (χ2n) is 5.64. The van der Waals surface area contributed by atoms with Crippen molar-refractivity contribution in [2.45, 2.75) is 38.6 Å². The minimum absolute atomic E-state index is 0.0543. The van der Waals surface area contributed by atoms with Crippen molar-refractivity contribution in [1.29, 1.82) is 0 Å². The fourth-order valence-electron chi connectivity index (χ4n) is 3.06. The fraction of sp³-hybridized carbons (Fsp3) is 0.562. The molecule has 0 aliphatic heterocycles. The second-order valence-corrected chi connectivity index (χ2v) is 6.05. The normalized spacial score (nSPS) is 24.1. The third kappa shape index (κ3) is 3.53. The number of nitrogens with two attached hydrogens (primary N) is 1. The zero-order chi connectivity index (χ0) is 14.5. The van der Waals surface area contributed by atoms with Crippen LogP contribution in [0.3, 0.4) is 0 Å². The SMILES string of the molecule is CC(NC(=O)C1CCCCC1CN)c1ccccc1Cl. The summed E-state index contributed by atoms with van der Waals surface area (Å²) < 4.78 is 0. The van der Waals surface area contributed by atoms with Gasteiger partial charge in [-0.05, 0) is 43.9 Å². The zero-order valence-electron chi connectivity index (χ0n) is 11.9. The highest BCUT2D eigenvalue weighted by molar-refractivity contribution is 6.31. The maximum atomic E-state index is 12.5. The van der Waals surface area contributed by atoms with Crippen LogP contribution in [0.4, 0.5) is 0 Å². The molecule has 0 radical (unpaired) electrons. The number of nitrogens with one attached hydrogen (secondary N) is 1. The van der Waals surface area contributed by atoms with E-state index in [1.54, 1.807) is 0 Å². The van der Waals surface area contributed by atoms with Crippen LogP contribution in [0.5, 0.6) is 0 Å². The lowest BCUT2D eigenvalue weighted by molar-refractivity contribution is -0.128. The number of halogens is 1. The third-order valence-electron chi connectivity index (χ3n) is 4.28. The van der Waals surface area contributed by atoms with E-state index in [2.05, 4.69) is 5.32 Å². The summed E-state index contributed by atoms with van der Waals surface area (Å²) in [5, 5.41) is 3.79. The topological polar surface area (TPSA) is 55.1 Å². The number of rotatable bonds is 4. The van der Waals surface area contributed by atoms with Crippen molar-refractivity contribution in [2.24, 2.45) is 17.6 Å². The Morgan fingerprint density at radius 2 is 2.10 bits per heavy atom. The van der Waals surface area contributed by atoms with Gasteiger partial charge in [0.1, 0.15) is 0 Å². The summed E-state index contributed by atoms with van der Waals surface area (Å²) in [6, 6.07) is 7.56. The van der Waals surface area contributed by atoms with E-state index in [9.17, 15) is 4.79 Å². The van der Waals surface area contributed by atoms with Gasteiger partial charge in [-0.25, -0.2) is 0 Å². The number of hydrogen-bond donors (Lipinski definition) is 2. The molecule has 3 unspecified atom stereocenters. The van der Waals surface area contributed by atoms with E-state index in [0.29, 0.717) is 17.5 Å². The molecule has 1 saturated carbocycles. The number of hydrogen-bond acceptors (Lipinski definition) is 2. The average Bonchev–Trinajstić information content (AvgIpc) is 2.47. The van der Waals surface area contributed by atoms with E-state index < -0.39 is 0 Å². The van der Waals surface area contributed by atoms with Crippen molar-refractivity contribution in [3.8, 4) is 0 Å². The second kappa shape index (κ2) is 7.09. The van der Waals surface area contributed by atoms with Crippen molar-refractivity contribution in [1.82, 2.24) is 5.32 Å². The van der Waals surface area contributed by atoms with Crippen molar-refractivity contribution in [3.63, 3.8) is 0 Å². The van der Waals surface area contributed by atoms with Crippen molar-refractivity contribution in [3.05, 3.63) is 34.9 Å². The van der Waals surface area contributed by atoms with Crippen LogP contribution in [-0.4, -0.2) is 12.5 Å². The lowest BCUT2D eigenvalue weighted by Gasteiger charge is -2.30. The molecule has 2 rings (SSSR count). The summed E-state index contributed by atoms with van der Waals surface area (Å²) in [7, 11) is 0. The first-order valence-corrected chi connectivity index (χ1v) is 7.76. The number of benzene rings is 1. The van der Waals surface area contributed by atoms with Gasteiger partial charge in [0.05, 0.1) is 6.04 Å². The zero-order valence-corrected chi connectivity index (χ0v) is 12.7. The van der Waals surface area contributed by atoms with Gasteiger partial charge >= 0.3 is 0 Å². The van der Waals surface area contributed by atoms with Crippen LogP contribution in [0.2, 0.25) is 5.02 Å². The highest BCUT2D eigenvalue weighted by Gasteiger charge is 2.30. The van der Waals surface area contributed by atoms with Crippen LogP contribution in [0.15, 0.2) is 24.3 Å². The first kappa shape index (κ1) is 15.3. The predicted molar refractivity (Wildman–Crippen MR) is 82.5 cm³/mol. The van der Waals surface area contributed by atoms with E-state index in [0.717, 1.165) is 24.8 Å². The van der Waals surface area contributed by atoms with Gasteiger partial charge in [0.2, 0.25) is 5.91 Å². The first-order valence-electron chi connectivity index (χ1n) is 7.38. The summed E-state index contributed by atoms with van der Waals surface area (Å²) in [5.74, 6) is 0.494. The highest BCUT2D eigenvalue weighted by atomic mass is 35.5. The van der Waals surface area contributed by atoms with Crippen LogP contribution >= 0.6 is 11.6 Å². The average molecular weight is 295 g/mol. The Bertz CT molecular complexity index is 464. The molecule has 4 heteroatoms. The van der Waals surface area contributed by atoms with Gasteiger partial charge in [0.25, 0.3) is 0 Å². The Hall–Kier alpha value is -1.06. The Balaban J connectivity index is 2.02. The van der Waals surface area contributed by atoms with Crippen molar-refractivity contribution in [2.75, 3.05) is 6.54 Å². The van der Waals surface area contributed by atoms with Crippen molar-refractivity contribution >= 4 is 17.5 Å². The van der Waals surface area contributed by atoms with Gasteiger partial charge in [-0.15, -0.1) is 0 Å². The summed E-state index contributed by atoms with van der Waals surface area (Å²) in [6.45, 7) is 2.57. The lowest BCUT2D eigenvalue weighted by Crippen LogP contribution is -2.40. The first-order chi connectivity index (χ1) is 9.63. The molecule has 1 aromatic carbocycles. The van der Waals surface area contributed by atoms with Gasteiger partial charge in [0.15, 0.2) is 0 Å². The lowest BCUT2D eigenvalue weighted by atomic mass is 9.78. The van der Waals surface area contributed by atoms with Crippen molar-refractivity contribution < 1.29 is 4.79 Å². The van der Waals surface area contributed by atoms with Crippen LogP contribution in [0.1, 0.15) is 44.2 Å². The molecule has 3 nitrogen and oxygen atoms in total. The Kier molecular flexibility index (Phi) is 5.44. The summed E-state index contributed by atoms with van der Waals surface area (Å²) in [5.41, 5.74) is 6.76. The molecule has 0 heterocycles. The minimum Gasteiger partial charge on any atom is -0.349 e. The maximum absolute atomic E-state index is 12.5. The number of amides is 1. The molecule has 3 atom stereocenters. The highest BCUT2D eigenvalue weighted by Crippen LogP contribution is 2.30. The molecule has 0 saturated heterocycles. The molecule has 0 bridgehead atoms. The quantitative estimate of drug-likeness (QED) is 0.895.